The van der Waals surface area contributed by atoms with Crippen molar-refractivity contribution in [2.24, 2.45) is 5.92 Å². The molecule has 0 aliphatic rings. The molecule has 0 heterocycles. The summed E-state index contributed by atoms with van der Waals surface area (Å²) < 4.78 is 0. The van der Waals surface area contributed by atoms with Gasteiger partial charge in [-0.3, -0.25) is 0 Å². The summed E-state index contributed by atoms with van der Waals surface area (Å²) in [6.45, 7) is 6.75. The normalized spacial score (nSPS) is 11.7. The molecule has 0 nitrogen and oxygen atoms in total. The molecule has 0 unspecified atom stereocenters. The Morgan fingerprint density at radius 3 is 2.00 bits per heavy atom. The molecule has 0 fully saturated rings. The standard InChI is InChI=1S/C14H28/c1-4-5-6-7-8-9-10-11-12-13-14(2)3/h12-14H,4-11H2,1-3H3/b13-12+. The van der Waals surface area contributed by atoms with Gasteiger partial charge in [-0.1, -0.05) is 71.4 Å². The highest BCUT2D eigenvalue weighted by Crippen LogP contribution is 2.09. The second kappa shape index (κ2) is 10.8. The van der Waals surface area contributed by atoms with Gasteiger partial charge in [0.05, 0.1) is 0 Å². The first-order chi connectivity index (χ1) is 6.77. The van der Waals surface area contributed by atoms with Gasteiger partial charge in [0.25, 0.3) is 0 Å². The molecule has 0 bridgehead atoms. The number of unbranched alkanes of at least 4 members (excludes halogenated alkanes) is 7. The van der Waals surface area contributed by atoms with Crippen LogP contribution in [0.4, 0.5) is 0 Å². The summed E-state index contributed by atoms with van der Waals surface area (Å²) in [6, 6.07) is 0. The van der Waals surface area contributed by atoms with Crippen molar-refractivity contribution >= 4 is 0 Å². The monoisotopic (exact) mass is 196 g/mol. The van der Waals surface area contributed by atoms with Crippen molar-refractivity contribution in [3.05, 3.63) is 12.2 Å². The molecule has 0 aromatic heterocycles. The summed E-state index contributed by atoms with van der Waals surface area (Å²) in [5.41, 5.74) is 0. The first kappa shape index (κ1) is 13.7. The maximum atomic E-state index is 2.34. The molecule has 0 heteroatoms. The number of hydrogen-bond donors (Lipinski definition) is 0. The first-order valence-electron chi connectivity index (χ1n) is 6.44. The predicted octanol–water partition coefficient (Wildman–Crippen LogP) is 5.34. The van der Waals surface area contributed by atoms with Crippen LogP contribution in [0.2, 0.25) is 0 Å². The Kier molecular flexibility index (Phi) is 10.6. The van der Waals surface area contributed by atoms with Crippen LogP contribution in [-0.2, 0) is 0 Å². The van der Waals surface area contributed by atoms with E-state index in [-0.39, 0.29) is 0 Å². The third-order valence-corrected chi connectivity index (χ3v) is 2.50. The summed E-state index contributed by atoms with van der Waals surface area (Å²) in [5, 5.41) is 0. The predicted molar refractivity (Wildman–Crippen MR) is 66.6 cm³/mol. The molecule has 0 saturated carbocycles. The van der Waals surface area contributed by atoms with Crippen LogP contribution in [0.5, 0.6) is 0 Å². The Morgan fingerprint density at radius 2 is 1.43 bits per heavy atom. The summed E-state index contributed by atoms with van der Waals surface area (Å²) in [5.74, 6) is 0.722. The third-order valence-electron chi connectivity index (χ3n) is 2.50. The van der Waals surface area contributed by atoms with Crippen LogP contribution >= 0.6 is 0 Å². The maximum absolute atomic E-state index is 2.34. The molecule has 84 valence electrons. The molecule has 0 N–H and O–H groups in total. The lowest BCUT2D eigenvalue weighted by Crippen LogP contribution is -1.80. The molecule has 0 radical (unpaired) electrons. The minimum absolute atomic E-state index is 0.722. The lowest BCUT2D eigenvalue weighted by Gasteiger charge is -1.99. The fraction of sp³-hybridized carbons (Fsp3) is 0.857. The highest BCUT2D eigenvalue weighted by Gasteiger charge is 1.89. The molecule has 0 atom stereocenters. The lowest BCUT2D eigenvalue weighted by molar-refractivity contribution is 0.591. The quantitative estimate of drug-likeness (QED) is 0.345. The Labute approximate surface area is 90.8 Å². The van der Waals surface area contributed by atoms with Crippen LogP contribution in [0.1, 0.15) is 72.1 Å². The minimum atomic E-state index is 0.722. The molecule has 0 aliphatic carbocycles. The molecule has 0 spiro atoms. The number of hydrogen-bond acceptors (Lipinski definition) is 0. The number of rotatable bonds is 9. The second-order valence-electron chi connectivity index (χ2n) is 4.58. The molecule has 0 aliphatic heterocycles. The first-order valence-corrected chi connectivity index (χ1v) is 6.44. The van der Waals surface area contributed by atoms with Gasteiger partial charge in [0.2, 0.25) is 0 Å². The third kappa shape index (κ3) is 11.7. The van der Waals surface area contributed by atoms with Crippen LogP contribution in [0.15, 0.2) is 12.2 Å². The van der Waals surface area contributed by atoms with Gasteiger partial charge in [-0.2, -0.15) is 0 Å². The molecule has 0 aromatic carbocycles. The molecule has 0 amide bonds. The van der Waals surface area contributed by atoms with E-state index in [2.05, 4.69) is 32.9 Å². The van der Waals surface area contributed by atoms with Crippen molar-refractivity contribution in [3.8, 4) is 0 Å². The van der Waals surface area contributed by atoms with E-state index >= 15 is 0 Å². The number of allylic oxidation sites excluding steroid dienone is 2. The van der Waals surface area contributed by atoms with Gasteiger partial charge >= 0.3 is 0 Å². The average Bonchev–Trinajstić information content (AvgIpc) is 2.15. The van der Waals surface area contributed by atoms with Gasteiger partial charge < -0.3 is 0 Å². The van der Waals surface area contributed by atoms with Crippen LogP contribution in [-0.4, -0.2) is 0 Å². The average molecular weight is 196 g/mol. The molecular weight excluding hydrogens is 168 g/mol. The summed E-state index contributed by atoms with van der Waals surface area (Å²) in [4.78, 5) is 0. The van der Waals surface area contributed by atoms with Crippen LogP contribution in [0, 0.1) is 5.92 Å². The van der Waals surface area contributed by atoms with E-state index < -0.39 is 0 Å². The minimum Gasteiger partial charge on any atom is -0.0883 e. The molecule has 14 heavy (non-hydrogen) atoms. The van der Waals surface area contributed by atoms with Crippen molar-refractivity contribution in [2.75, 3.05) is 0 Å². The van der Waals surface area contributed by atoms with Crippen molar-refractivity contribution in [3.63, 3.8) is 0 Å². The van der Waals surface area contributed by atoms with Crippen molar-refractivity contribution in [2.45, 2.75) is 72.1 Å². The molecular formula is C14H28. The Morgan fingerprint density at radius 1 is 0.857 bits per heavy atom. The van der Waals surface area contributed by atoms with Gasteiger partial charge in [0.1, 0.15) is 0 Å². The van der Waals surface area contributed by atoms with E-state index in [0.717, 1.165) is 5.92 Å². The fourth-order valence-electron chi connectivity index (χ4n) is 1.59. The van der Waals surface area contributed by atoms with Crippen LogP contribution < -0.4 is 0 Å². The lowest BCUT2D eigenvalue weighted by atomic mass is 10.1. The summed E-state index contributed by atoms with van der Waals surface area (Å²) in [7, 11) is 0. The van der Waals surface area contributed by atoms with Gasteiger partial charge in [-0.15, -0.1) is 0 Å². The zero-order chi connectivity index (χ0) is 10.6. The van der Waals surface area contributed by atoms with E-state index in [0.29, 0.717) is 0 Å². The van der Waals surface area contributed by atoms with Crippen molar-refractivity contribution in [1.29, 1.82) is 0 Å². The molecule has 0 saturated heterocycles. The van der Waals surface area contributed by atoms with Crippen molar-refractivity contribution < 1.29 is 0 Å². The second-order valence-corrected chi connectivity index (χ2v) is 4.58. The van der Waals surface area contributed by atoms with E-state index in [4.69, 9.17) is 0 Å². The Bertz CT molecular complexity index is 122. The molecule has 0 rings (SSSR count). The summed E-state index contributed by atoms with van der Waals surface area (Å²) >= 11 is 0. The maximum Gasteiger partial charge on any atom is -0.0290 e. The van der Waals surface area contributed by atoms with Gasteiger partial charge in [-0.25, -0.2) is 0 Å². The van der Waals surface area contributed by atoms with Crippen LogP contribution in [0.3, 0.4) is 0 Å². The smallest absolute Gasteiger partial charge is 0.0290 e. The molecule has 0 aromatic rings. The zero-order valence-electron chi connectivity index (χ0n) is 10.4. The van der Waals surface area contributed by atoms with E-state index in [9.17, 15) is 0 Å². The largest absolute Gasteiger partial charge is 0.0883 e. The topological polar surface area (TPSA) is 0 Å². The SMILES string of the molecule is CCCCCCCCC/C=C/C(C)C. The van der Waals surface area contributed by atoms with Crippen molar-refractivity contribution in [1.82, 2.24) is 0 Å². The van der Waals surface area contributed by atoms with Gasteiger partial charge in [0, 0.05) is 0 Å². The zero-order valence-corrected chi connectivity index (χ0v) is 10.4. The van der Waals surface area contributed by atoms with Gasteiger partial charge in [0.15, 0.2) is 0 Å². The fourth-order valence-corrected chi connectivity index (χ4v) is 1.59. The summed E-state index contributed by atoms with van der Waals surface area (Å²) in [6.07, 6.45) is 15.9. The van der Waals surface area contributed by atoms with Crippen LogP contribution in [0.25, 0.3) is 0 Å². The van der Waals surface area contributed by atoms with Gasteiger partial charge in [-0.05, 0) is 18.8 Å². The van der Waals surface area contributed by atoms with E-state index in [1.807, 2.05) is 0 Å². The van der Waals surface area contributed by atoms with E-state index in [1.54, 1.807) is 0 Å². The highest BCUT2D eigenvalue weighted by atomic mass is 14.0. The Balaban J connectivity index is 2.99. The Hall–Kier alpha value is -0.260. The van der Waals surface area contributed by atoms with E-state index in [1.165, 1.54) is 51.4 Å². The highest BCUT2D eigenvalue weighted by molar-refractivity contribution is 4.83.